The smallest absolute Gasteiger partial charge is 0.283 e. The van der Waals surface area contributed by atoms with Gasteiger partial charge in [0.05, 0.1) is 27.3 Å². The third-order valence-corrected chi connectivity index (χ3v) is 11.7. The predicted octanol–water partition coefficient (Wildman–Crippen LogP) is 3.10. The first kappa shape index (κ1) is 31.4. The zero-order chi connectivity index (χ0) is 31.9. The Balaban J connectivity index is 1.30. The summed E-state index contributed by atoms with van der Waals surface area (Å²) in [7, 11) is 1.39. The molecule has 1 amide bonds. The number of anilines is 1. The Morgan fingerprint density at radius 1 is 1.00 bits per heavy atom. The standard InChI is InChI=1S/C33H44N6O5S/c1-6-36-16-18-37(19-17-36)28-9-7-8-26-27(28)21-39(33(26)40)32(25-10-11-29(43-4)30(20-25)44-5)24-12-14-38(15-13-24)45(41,42)31-22-35(3)23(2)34-31/h7-11,20,22,24,32H,6,12-19,21H2,1-5H3/p+1. The summed E-state index contributed by atoms with van der Waals surface area (Å²) in [6.45, 7) is 10.2. The molecule has 12 heteroatoms. The Labute approximate surface area is 266 Å². The van der Waals surface area contributed by atoms with Crippen LogP contribution in [0.4, 0.5) is 5.69 Å². The molecule has 1 atom stereocenters. The fourth-order valence-corrected chi connectivity index (χ4v) is 8.72. The molecule has 2 saturated heterocycles. The topological polar surface area (TPSA) is 102 Å². The van der Waals surface area contributed by atoms with Crippen LogP contribution < -0.4 is 18.9 Å². The van der Waals surface area contributed by atoms with Crippen LogP contribution in [-0.2, 0) is 23.6 Å². The van der Waals surface area contributed by atoms with Crippen molar-refractivity contribution < 1.29 is 27.3 Å². The van der Waals surface area contributed by atoms with Crippen LogP contribution in [0.3, 0.4) is 0 Å². The fourth-order valence-electron chi connectivity index (χ4n) is 7.18. The number of hydrogen-bond donors (Lipinski definition) is 1. The number of rotatable bonds is 9. The van der Waals surface area contributed by atoms with E-state index in [1.54, 1.807) is 29.3 Å². The summed E-state index contributed by atoms with van der Waals surface area (Å²) >= 11 is 0. The van der Waals surface area contributed by atoms with Crippen LogP contribution in [0.5, 0.6) is 11.5 Å². The molecule has 1 aromatic heterocycles. The molecular formula is C33H45N6O5S+. The molecule has 0 bridgehead atoms. The van der Waals surface area contributed by atoms with E-state index < -0.39 is 10.0 Å². The van der Waals surface area contributed by atoms with Gasteiger partial charge in [0.2, 0.25) is 0 Å². The molecule has 0 saturated carbocycles. The van der Waals surface area contributed by atoms with Crippen molar-refractivity contribution in [2.45, 2.75) is 44.3 Å². The number of piperidine rings is 1. The minimum absolute atomic E-state index is 0.0169. The van der Waals surface area contributed by atoms with Crippen molar-refractivity contribution in [2.24, 2.45) is 13.0 Å². The van der Waals surface area contributed by atoms with Gasteiger partial charge >= 0.3 is 0 Å². The van der Waals surface area contributed by atoms with E-state index in [2.05, 4.69) is 27.8 Å². The highest BCUT2D eigenvalue weighted by atomic mass is 32.2. The number of sulfonamides is 1. The van der Waals surface area contributed by atoms with Crippen molar-refractivity contribution in [1.82, 2.24) is 19.1 Å². The lowest BCUT2D eigenvalue weighted by Crippen LogP contribution is -2.46. The van der Waals surface area contributed by atoms with Gasteiger partial charge in [-0.3, -0.25) is 4.79 Å². The lowest BCUT2D eigenvalue weighted by atomic mass is 9.84. The summed E-state index contributed by atoms with van der Waals surface area (Å²) < 4.78 is 41.6. The molecule has 3 aliphatic rings. The van der Waals surface area contributed by atoms with Crippen molar-refractivity contribution in [3.63, 3.8) is 0 Å². The van der Waals surface area contributed by atoms with E-state index in [1.807, 2.05) is 49.2 Å². The molecule has 0 spiro atoms. The number of carbonyl (C=O) groups excluding carboxylic acids is 1. The average molecular weight is 638 g/mol. The number of aromatic nitrogens is 2. The van der Waals surface area contributed by atoms with Crippen molar-refractivity contribution in [3.05, 3.63) is 65.1 Å². The number of ether oxygens (including phenoxy) is 2. The first-order valence-corrected chi connectivity index (χ1v) is 17.3. The fraction of sp³-hybridized carbons (Fsp3) is 0.515. The van der Waals surface area contributed by atoms with Gasteiger partial charge in [0.15, 0.2) is 17.7 Å². The number of methoxy groups -OCH3 is 2. The van der Waals surface area contributed by atoms with Crippen LogP contribution in [0.2, 0.25) is 0 Å². The monoisotopic (exact) mass is 637 g/mol. The molecule has 0 radical (unpaired) electrons. The quantitative estimate of drug-likeness (QED) is 0.360. The second-order valence-corrected chi connectivity index (χ2v) is 14.2. The van der Waals surface area contributed by atoms with Gasteiger partial charge < -0.3 is 24.2 Å². The SMILES string of the molecule is CCN1CCN(c2cccc3c2CN(C(c2ccc(OC)c(OC)c2)C2CCN(S(=O)(=O)c4c[n+](C)c(C)[nH]4)CC2)C3=O)CC1. The highest BCUT2D eigenvalue weighted by Crippen LogP contribution is 2.44. The second-order valence-electron chi connectivity index (χ2n) is 12.3. The van der Waals surface area contributed by atoms with E-state index >= 15 is 0 Å². The number of hydrogen-bond acceptors (Lipinski definition) is 7. The number of amides is 1. The molecule has 45 heavy (non-hydrogen) atoms. The number of H-pyrrole nitrogens is 1. The number of aryl methyl sites for hydroxylation is 2. The molecule has 242 valence electrons. The van der Waals surface area contributed by atoms with Crippen LogP contribution in [0.1, 0.15) is 53.1 Å². The van der Waals surface area contributed by atoms with Gasteiger partial charge in [-0.15, -0.1) is 0 Å². The predicted molar refractivity (Wildman–Crippen MR) is 171 cm³/mol. The maximum Gasteiger partial charge on any atom is 0.283 e. The third kappa shape index (κ3) is 5.79. The highest BCUT2D eigenvalue weighted by Gasteiger charge is 2.42. The zero-order valence-electron chi connectivity index (χ0n) is 27.0. The van der Waals surface area contributed by atoms with Gasteiger partial charge in [-0.1, -0.05) is 19.1 Å². The maximum atomic E-state index is 14.2. The maximum absolute atomic E-state index is 14.2. The Bertz CT molecular complexity index is 1640. The van der Waals surface area contributed by atoms with Crippen LogP contribution in [0, 0.1) is 12.8 Å². The minimum Gasteiger partial charge on any atom is -0.493 e. The largest absolute Gasteiger partial charge is 0.493 e. The van der Waals surface area contributed by atoms with Gasteiger partial charge in [-0.25, -0.2) is 18.0 Å². The number of piperazine rings is 1. The zero-order valence-corrected chi connectivity index (χ0v) is 27.8. The summed E-state index contributed by atoms with van der Waals surface area (Å²) in [5.41, 5.74) is 3.93. The Kier molecular flexibility index (Phi) is 8.82. The molecule has 2 fully saturated rings. The summed E-state index contributed by atoms with van der Waals surface area (Å²) in [6, 6.07) is 11.7. The van der Waals surface area contributed by atoms with Crippen molar-refractivity contribution in [3.8, 4) is 11.5 Å². The number of benzene rings is 2. The Hall–Kier alpha value is -3.61. The lowest BCUT2D eigenvalue weighted by Gasteiger charge is -2.40. The molecule has 11 nitrogen and oxygen atoms in total. The molecule has 3 aromatic rings. The molecule has 4 heterocycles. The summed E-state index contributed by atoms with van der Waals surface area (Å²) in [5.74, 6) is 2.07. The van der Waals surface area contributed by atoms with Gasteiger partial charge in [0, 0.05) is 69.6 Å². The van der Waals surface area contributed by atoms with Crippen LogP contribution in [-0.4, -0.2) is 93.4 Å². The van der Waals surface area contributed by atoms with Crippen molar-refractivity contribution in [2.75, 3.05) is 64.9 Å². The average Bonchev–Trinajstić information content (AvgIpc) is 3.59. The van der Waals surface area contributed by atoms with E-state index in [4.69, 9.17) is 9.47 Å². The number of carbonyl (C=O) groups is 1. The molecular weight excluding hydrogens is 592 g/mol. The molecule has 2 aromatic carbocycles. The molecule has 1 unspecified atom stereocenters. The summed E-state index contributed by atoms with van der Waals surface area (Å²) in [5, 5.41) is 0.204. The van der Waals surface area contributed by atoms with Gasteiger partial charge in [-0.05, 0) is 55.1 Å². The first-order valence-electron chi connectivity index (χ1n) is 15.8. The number of nitrogens with zero attached hydrogens (tertiary/aromatic N) is 5. The highest BCUT2D eigenvalue weighted by molar-refractivity contribution is 7.89. The van der Waals surface area contributed by atoms with Crippen LogP contribution in [0.25, 0.3) is 0 Å². The number of imidazole rings is 1. The van der Waals surface area contributed by atoms with Gasteiger partial charge in [0.1, 0.15) is 0 Å². The summed E-state index contributed by atoms with van der Waals surface area (Å²) in [6.07, 6.45) is 2.87. The van der Waals surface area contributed by atoms with Gasteiger partial charge in [0.25, 0.3) is 26.8 Å². The third-order valence-electron chi connectivity index (χ3n) is 9.92. The Morgan fingerprint density at radius 3 is 2.33 bits per heavy atom. The van der Waals surface area contributed by atoms with Crippen molar-refractivity contribution in [1.29, 1.82) is 0 Å². The normalized spacial score (nSPS) is 19.2. The number of nitrogens with one attached hydrogen (secondary N) is 1. The van der Waals surface area contributed by atoms with E-state index in [9.17, 15) is 13.2 Å². The first-order chi connectivity index (χ1) is 21.7. The minimum atomic E-state index is -3.66. The number of aromatic amines is 1. The molecule has 1 N–H and O–H groups in total. The van der Waals surface area contributed by atoms with Crippen molar-refractivity contribution >= 4 is 21.6 Å². The van der Waals surface area contributed by atoms with E-state index in [0.717, 1.165) is 60.9 Å². The molecule has 6 rings (SSSR count). The second kappa shape index (κ2) is 12.6. The van der Waals surface area contributed by atoms with E-state index in [-0.39, 0.29) is 22.9 Å². The van der Waals surface area contributed by atoms with E-state index in [0.29, 0.717) is 44.0 Å². The summed E-state index contributed by atoms with van der Waals surface area (Å²) in [4.78, 5) is 24.1. The van der Waals surface area contributed by atoms with Crippen LogP contribution >= 0.6 is 0 Å². The van der Waals surface area contributed by atoms with Gasteiger partial charge in [-0.2, -0.15) is 4.31 Å². The molecule has 3 aliphatic heterocycles. The molecule has 0 aliphatic carbocycles. The van der Waals surface area contributed by atoms with Crippen LogP contribution in [0.15, 0.2) is 47.6 Å². The Morgan fingerprint density at radius 2 is 1.71 bits per heavy atom. The van der Waals surface area contributed by atoms with E-state index in [1.165, 1.54) is 0 Å². The number of likely N-dealkylation sites (N-methyl/N-ethyl adjacent to an activating group) is 1. The lowest BCUT2D eigenvalue weighted by molar-refractivity contribution is -0.677. The number of fused-ring (bicyclic) bond motifs is 1.